The lowest BCUT2D eigenvalue weighted by Gasteiger charge is -2.45. The van der Waals surface area contributed by atoms with E-state index in [2.05, 4.69) is 52.0 Å². The van der Waals surface area contributed by atoms with Gasteiger partial charge in [-0.25, -0.2) is 0 Å². The van der Waals surface area contributed by atoms with E-state index in [9.17, 15) is 0 Å². The highest BCUT2D eigenvalue weighted by atomic mass is 16.5. The number of ether oxygens (including phenoxy) is 1. The normalized spacial score (nSPS) is 21.0. The van der Waals surface area contributed by atoms with Crippen molar-refractivity contribution in [1.29, 1.82) is 0 Å². The van der Waals surface area contributed by atoms with Crippen molar-refractivity contribution < 1.29 is 4.74 Å². The molecule has 0 amide bonds. The Morgan fingerprint density at radius 3 is 2.38 bits per heavy atom. The molecule has 0 aromatic heterocycles. The van der Waals surface area contributed by atoms with Crippen molar-refractivity contribution in [3.05, 3.63) is 29.8 Å². The molecule has 0 saturated carbocycles. The van der Waals surface area contributed by atoms with Crippen LogP contribution in [0.2, 0.25) is 0 Å². The number of hydrogen-bond acceptors (Lipinski definition) is 1. The van der Waals surface area contributed by atoms with Gasteiger partial charge in [-0.05, 0) is 36.3 Å². The highest BCUT2D eigenvalue weighted by Crippen LogP contribution is 2.46. The van der Waals surface area contributed by atoms with Gasteiger partial charge in [0.1, 0.15) is 11.4 Å². The zero-order chi connectivity index (χ0) is 11.8. The number of hydrogen-bond donors (Lipinski definition) is 0. The summed E-state index contributed by atoms with van der Waals surface area (Å²) in [5.74, 6) is 1.09. The summed E-state index contributed by atoms with van der Waals surface area (Å²) in [5.41, 5.74) is 1.62. The number of para-hydroxylation sites is 1. The molecule has 0 N–H and O–H groups in total. The predicted molar refractivity (Wildman–Crippen MR) is 68.0 cm³/mol. The van der Waals surface area contributed by atoms with E-state index in [0.717, 1.165) is 25.0 Å². The maximum atomic E-state index is 6.25. The highest BCUT2D eigenvalue weighted by molar-refractivity contribution is 5.41. The van der Waals surface area contributed by atoms with Crippen molar-refractivity contribution >= 4 is 0 Å². The summed E-state index contributed by atoms with van der Waals surface area (Å²) in [4.78, 5) is 0. The zero-order valence-electron chi connectivity index (χ0n) is 10.8. The van der Waals surface area contributed by atoms with Crippen LogP contribution in [-0.2, 0) is 5.41 Å². The Bertz CT molecular complexity index is 375. The largest absolute Gasteiger partial charge is 0.487 e. The number of benzene rings is 1. The zero-order valence-corrected chi connectivity index (χ0v) is 10.8. The summed E-state index contributed by atoms with van der Waals surface area (Å²) in [5, 5.41) is 0. The van der Waals surface area contributed by atoms with Crippen LogP contribution < -0.4 is 4.74 Å². The fourth-order valence-electron chi connectivity index (χ4n) is 2.93. The smallest absolute Gasteiger partial charge is 0.123 e. The van der Waals surface area contributed by atoms with Gasteiger partial charge >= 0.3 is 0 Å². The van der Waals surface area contributed by atoms with Crippen LogP contribution in [0.25, 0.3) is 0 Å². The van der Waals surface area contributed by atoms with Crippen molar-refractivity contribution in [1.82, 2.24) is 0 Å². The van der Waals surface area contributed by atoms with Gasteiger partial charge in [0.25, 0.3) is 0 Å². The average molecular weight is 218 g/mol. The van der Waals surface area contributed by atoms with E-state index >= 15 is 0 Å². The van der Waals surface area contributed by atoms with Gasteiger partial charge in [-0.2, -0.15) is 0 Å². The second-order valence-corrected chi connectivity index (χ2v) is 5.55. The number of rotatable bonds is 2. The molecule has 0 bridgehead atoms. The third-order valence-electron chi connectivity index (χ3n) is 4.00. The Kier molecular flexibility index (Phi) is 2.73. The van der Waals surface area contributed by atoms with E-state index in [0.29, 0.717) is 0 Å². The average Bonchev–Trinajstić information content (AvgIpc) is 2.28. The molecule has 1 aromatic rings. The predicted octanol–water partition coefficient (Wildman–Crippen LogP) is 4.31. The van der Waals surface area contributed by atoms with Crippen LogP contribution in [0.5, 0.6) is 5.75 Å². The van der Waals surface area contributed by atoms with Gasteiger partial charge in [-0.15, -0.1) is 0 Å². The quantitative estimate of drug-likeness (QED) is 0.719. The highest BCUT2D eigenvalue weighted by Gasteiger charge is 2.42. The molecule has 0 saturated heterocycles. The Hall–Kier alpha value is -0.980. The molecule has 1 heteroatoms. The maximum absolute atomic E-state index is 6.25. The van der Waals surface area contributed by atoms with Crippen molar-refractivity contribution in [3.63, 3.8) is 0 Å². The van der Waals surface area contributed by atoms with E-state index in [1.165, 1.54) is 5.56 Å². The summed E-state index contributed by atoms with van der Waals surface area (Å²) in [7, 11) is 0. The molecule has 0 unspecified atom stereocenters. The SMILES string of the molecule is CCC1(CC)CC(C)(C)c2ccccc2O1. The second kappa shape index (κ2) is 3.80. The molecule has 1 aromatic carbocycles. The molecule has 16 heavy (non-hydrogen) atoms. The van der Waals surface area contributed by atoms with Crippen molar-refractivity contribution in [3.8, 4) is 5.75 Å². The van der Waals surface area contributed by atoms with Gasteiger partial charge in [0.15, 0.2) is 0 Å². The lowest BCUT2D eigenvalue weighted by molar-refractivity contribution is 0.0118. The van der Waals surface area contributed by atoms with E-state index in [4.69, 9.17) is 4.74 Å². The van der Waals surface area contributed by atoms with Crippen LogP contribution in [0.3, 0.4) is 0 Å². The fraction of sp³-hybridized carbons (Fsp3) is 0.600. The molecule has 0 atom stereocenters. The standard InChI is InChI=1S/C15H22O/c1-5-15(6-2)11-14(3,4)12-9-7-8-10-13(12)16-15/h7-10H,5-6,11H2,1-4H3. The molecule has 1 aliphatic rings. The summed E-state index contributed by atoms with van der Waals surface area (Å²) < 4.78 is 6.25. The third kappa shape index (κ3) is 1.73. The van der Waals surface area contributed by atoms with Crippen molar-refractivity contribution in [2.45, 2.75) is 58.0 Å². The van der Waals surface area contributed by atoms with E-state index in [1.54, 1.807) is 0 Å². The van der Waals surface area contributed by atoms with Crippen LogP contribution in [0.1, 0.15) is 52.5 Å². The Balaban J connectivity index is 2.47. The summed E-state index contributed by atoms with van der Waals surface area (Å²) in [6, 6.07) is 8.48. The van der Waals surface area contributed by atoms with Gasteiger partial charge in [-0.1, -0.05) is 45.9 Å². The summed E-state index contributed by atoms with van der Waals surface area (Å²) >= 11 is 0. The van der Waals surface area contributed by atoms with Crippen LogP contribution in [0.4, 0.5) is 0 Å². The molecule has 2 rings (SSSR count). The summed E-state index contributed by atoms with van der Waals surface area (Å²) in [6.45, 7) is 9.11. The molecular formula is C15H22O. The fourth-order valence-corrected chi connectivity index (χ4v) is 2.93. The van der Waals surface area contributed by atoms with Gasteiger partial charge in [0.05, 0.1) is 0 Å². The van der Waals surface area contributed by atoms with Crippen LogP contribution in [0, 0.1) is 0 Å². The minimum atomic E-state index is 0.0395. The van der Waals surface area contributed by atoms with Crippen LogP contribution in [0.15, 0.2) is 24.3 Å². The summed E-state index contributed by atoms with van der Waals surface area (Å²) in [6.07, 6.45) is 3.28. The molecule has 0 spiro atoms. The number of fused-ring (bicyclic) bond motifs is 1. The van der Waals surface area contributed by atoms with Gasteiger partial charge in [0.2, 0.25) is 0 Å². The van der Waals surface area contributed by atoms with E-state index in [-0.39, 0.29) is 11.0 Å². The van der Waals surface area contributed by atoms with Crippen LogP contribution >= 0.6 is 0 Å². The minimum absolute atomic E-state index is 0.0395. The second-order valence-electron chi connectivity index (χ2n) is 5.55. The molecule has 88 valence electrons. The first kappa shape index (κ1) is 11.5. The molecular weight excluding hydrogens is 196 g/mol. The van der Waals surface area contributed by atoms with Crippen molar-refractivity contribution in [2.75, 3.05) is 0 Å². The monoisotopic (exact) mass is 218 g/mol. The topological polar surface area (TPSA) is 9.23 Å². The lowest BCUT2D eigenvalue weighted by Crippen LogP contribution is -2.45. The first-order valence-corrected chi connectivity index (χ1v) is 6.31. The van der Waals surface area contributed by atoms with Crippen molar-refractivity contribution in [2.24, 2.45) is 0 Å². The molecule has 0 fully saturated rings. The van der Waals surface area contributed by atoms with E-state index in [1.807, 2.05) is 0 Å². The Morgan fingerprint density at radius 1 is 1.12 bits per heavy atom. The maximum Gasteiger partial charge on any atom is 0.123 e. The van der Waals surface area contributed by atoms with Gasteiger partial charge < -0.3 is 4.74 Å². The van der Waals surface area contributed by atoms with Crippen LogP contribution in [-0.4, -0.2) is 5.60 Å². The lowest BCUT2D eigenvalue weighted by atomic mass is 9.71. The van der Waals surface area contributed by atoms with Gasteiger partial charge in [0, 0.05) is 0 Å². The van der Waals surface area contributed by atoms with E-state index < -0.39 is 0 Å². The first-order valence-electron chi connectivity index (χ1n) is 6.31. The molecule has 1 heterocycles. The minimum Gasteiger partial charge on any atom is -0.487 e. The molecule has 1 nitrogen and oxygen atoms in total. The third-order valence-corrected chi connectivity index (χ3v) is 4.00. The van der Waals surface area contributed by atoms with Gasteiger partial charge in [-0.3, -0.25) is 0 Å². The Morgan fingerprint density at radius 2 is 1.75 bits per heavy atom. The Labute approximate surface area is 98.8 Å². The molecule has 1 aliphatic heterocycles. The first-order chi connectivity index (χ1) is 7.53. The molecule has 0 radical (unpaired) electrons. The molecule has 0 aliphatic carbocycles.